The molecule has 4 aromatic rings. The van der Waals surface area contributed by atoms with Gasteiger partial charge in [-0.1, -0.05) is 33.6 Å². The molecule has 27 heavy (non-hydrogen) atoms. The quantitative estimate of drug-likeness (QED) is 0.342. The van der Waals surface area contributed by atoms with Crippen LogP contribution in [0.5, 0.6) is 0 Å². The first kappa shape index (κ1) is 18.0. The molecule has 4 rings (SSSR count). The molecule has 3 aromatic carbocycles. The smallest absolute Gasteiger partial charge is 0.100 e. The number of fused-ring (bicyclic) bond motifs is 1. The van der Waals surface area contributed by atoms with E-state index in [2.05, 4.69) is 103 Å². The van der Waals surface area contributed by atoms with Crippen molar-refractivity contribution in [3.05, 3.63) is 81.1 Å². The van der Waals surface area contributed by atoms with Crippen molar-refractivity contribution in [3.8, 4) is 16.8 Å². The summed E-state index contributed by atoms with van der Waals surface area (Å²) in [6.07, 6.45) is 1.92. The van der Waals surface area contributed by atoms with Crippen molar-refractivity contribution in [3.63, 3.8) is 0 Å². The summed E-state index contributed by atoms with van der Waals surface area (Å²) in [5.74, 6) is 0. The Morgan fingerprint density at radius 2 is 1.41 bits per heavy atom. The van der Waals surface area contributed by atoms with Crippen LogP contribution >= 0.6 is 15.9 Å². The summed E-state index contributed by atoms with van der Waals surface area (Å²) < 4.78 is 3.24. The Labute approximate surface area is 169 Å². The number of imidazole rings is 1. The predicted octanol–water partition coefficient (Wildman–Crippen LogP) is 7.00. The number of nitrogens with zero attached hydrogens (tertiary/aromatic N) is 2. The highest BCUT2D eigenvalue weighted by atomic mass is 79.9. The topological polar surface area (TPSA) is 17.8 Å². The molecular weight excluding hydrogens is 396 g/mol. The third kappa shape index (κ3) is 3.21. The van der Waals surface area contributed by atoms with Gasteiger partial charge >= 0.3 is 0 Å². The van der Waals surface area contributed by atoms with E-state index < -0.39 is 0 Å². The maximum absolute atomic E-state index is 4.62. The van der Waals surface area contributed by atoms with Crippen molar-refractivity contribution in [2.75, 3.05) is 0 Å². The summed E-state index contributed by atoms with van der Waals surface area (Å²) in [5.41, 5.74) is 12.3. The molecule has 0 aliphatic heterocycles. The SMILES string of the molecule is Cc1cc(C)c(-c2cc(Br)cc(-n3cnc4cc(C)c(C)cc43)c2)c(C)c1. The molecule has 0 aliphatic carbocycles. The third-order valence-corrected chi connectivity index (χ3v) is 5.75. The zero-order valence-electron chi connectivity index (χ0n) is 16.4. The maximum atomic E-state index is 4.62. The minimum absolute atomic E-state index is 1.03. The van der Waals surface area contributed by atoms with E-state index in [9.17, 15) is 0 Å². The fourth-order valence-electron chi connectivity index (χ4n) is 3.96. The zero-order valence-corrected chi connectivity index (χ0v) is 18.0. The van der Waals surface area contributed by atoms with Crippen LogP contribution in [0.4, 0.5) is 0 Å². The molecule has 2 nitrogen and oxygen atoms in total. The fraction of sp³-hybridized carbons (Fsp3) is 0.208. The lowest BCUT2D eigenvalue weighted by atomic mass is 9.93. The van der Waals surface area contributed by atoms with Gasteiger partial charge in [0.05, 0.1) is 11.0 Å². The molecule has 0 fully saturated rings. The molecule has 0 saturated heterocycles. The van der Waals surface area contributed by atoms with E-state index in [0.29, 0.717) is 0 Å². The molecule has 0 aliphatic rings. The lowest BCUT2D eigenvalue weighted by Gasteiger charge is -2.14. The van der Waals surface area contributed by atoms with Crippen LogP contribution in [0.15, 0.2) is 53.3 Å². The summed E-state index contributed by atoms with van der Waals surface area (Å²) in [4.78, 5) is 4.62. The number of benzene rings is 3. The summed E-state index contributed by atoms with van der Waals surface area (Å²) in [6.45, 7) is 10.8. The number of rotatable bonds is 2. The Balaban J connectivity index is 1.94. The average molecular weight is 419 g/mol. The number of aryl methyl sites for hydroxylation is 5. The van der Waals surface area contributed by atoms with Crippen LogP contribution in [-0.4, -0.2) is 9.55 Å². The first-order chi connectivity index (χ1) is 12.8. The van der Waals surface area contributed by atoms with Crippen LogP contribution in [0.25, 0.3) is 27.8 Å². The Bertz CT molecular complexity index is 1160. The lowest BCUT2D eigenvalue weighted by Crippen LogP contribution is -1.96. The summed E-state index contributed by atoms with van der Waals surface area (Å²) in [7, 11) is 0. The van der Waals surface area contributed by atoms with E-state index in [0.717, 1.165) is 21.2 Å². The summed E-state index contributed by atoms with van der Waals surface area (Å²) in [5, 5.41) is 0. The number of hydrogen-bond donors (Lipinski definition) is 0. The van der Waals surface area contributed by atoms with Crippen molar-refractivity contribution >= 4 is 27.0 Å². The monoisotopic (exact) mass is 418 g/mol. The normalized spacial score (nSPS) is 11.3. The molecule has 0 atom stereocenters. The second-order valence-corrected chi connectivity index (χ2v) is 8.43. The highest BCUT2D eigenvalue weighted by Gasteiger charge is 2.12. The fourth-order valence-corrected chi connectivity index (χ4v) is 4.44. The van der Waals surface area contributed by atoms with E-state index >= 15 is 0 Å². The van der Waals surface area contributed by atoms with Crippen molar-refractivity contribution in [1.82, 2.24) is 9.55 Å². The number of aromatic nitrogens is 2. The van der Waals surface area contributed by atoms with Gasteiger partial charge < -0.3 is 0 Å². The van der Waals surface area contributed by atoms with Gasteiger partial charge in [0.15, 0.2) is 0 Å². The van der Waals surface area contributed by atoms with Gasteiger partial charge in [0.2, 0.25) is 0 Å². The molecule has 3 heteroatoms. The predicted molar refractivity (Wildman–Crippen MR) is 118 cm³/mol. The molecule has 0 unspecified atom stereocenters. The first-order valence-electron chi connectivity index (χ1n) is 9.17. The zero-order chi connectivity index (χ0) is 19.3. The van der Waals surface area contributed by atoms with Gasteiger partial charge in [-0.15, -0.1) is 0 Å². The third-order valence-electron chi connectivity index (χ3n) is 5.29. The van der Waals surface area contributed by atoms with Gasteiger partial charge in [0.25, 0.3) is 0 Å². The van der Waals surface area contributed by atoms with Crippen LogP contribution in [0, 0.1) is 34.6 Å². The van der Waals surface area contributed by atoms with Crippen LogP contribution in [0.3, 0.4) is 0 Å². The van der Waals surface area contributed by atoms with Crippen LogP contribution in [-0.2, 0) is 0 Å². The summed E-state index contributed by atoms with van der Waals surface area (Å²) in [6, 6.07) is 15.5. The van der Waals surface area contributed by atoms with E-state index in [1.165, 1.54) is 38.9 Å². The second kappa shape index (κ2) is 6.65. The van der Waals surface area contributed by atoms with E-state index in [-0.39, 0.29) is 0 Å². The van der Waals surface area contributed by atoms with E-state index in [1.807, 2.05) is 6.33 Å². The molecule has 0 bridgehead atoms. The molecule has 1 aromatic heterocycles. The van der Waals surface area contributed by atoms with Crippen LogP contribution in [0.1, 0.15) is 27.8 Å². The molecule has 1 heterocycles. The average Bonchev–Trinajstić information content (AvgIpc) is 2.96. The Kier molecular flexibility index (Phi) is 4.43. The minimum Gasteiger partial charge on any atom is -0.299 e. The Morgan fingerprint density at radius 1 is 0.741 bits per heavy atom. The lowest BCUT2D eigenvalue weighted by molar-refractivity contribution is 1.09. The molecule has 136 valence electrons. The van der Waals surface area contributed by atoms with Gasteiger partial charge in [0, 0.05) is 10.2 Å². The second-order valence-electron chi connectivity index (χ2n) is 7.51. The standard InChI is InChI=1S/C24H23BrN2/c1-14-6-17(4)24(18(5)7-14)19-10-20(25)12-21(11-19)27-13-26-22-8-15(2)16(3)9-23(22)27/h6-13H,1-5H3. The minimum atomic E-state index is 1.03. The molecule has 0 N–H and O–H groups in total. The highest BCUT2D eigenvalue weighted by molar-refractivity contribution is 9.10. The molecule has 0 radical (unpaired) electrons. The van der Waals surface area contributed by atoms with Crippen molar-refractivity contribution in [2.24, 2.45) is 0 Å². The molecule has 0 amide bonds. The molecular formula is C24H23BrN2. The molecule has 0 saturated carbocycles. The van der Waals surface area contributed by atoms with Crippen molar-refractivity contribution in [2.45, 2.75) is 34.6 Å². The first-order valence-corrected chi connectivity index (χ1v) is 9.96. The van der Waals surface area contributed by atoms with Crippen LogP contribution < -0.4 is 0 Å². The van der Waals surface area contributed by atoms with Crippen molar-refractivity contribution in [1.29, 1.82) is 0 Å². The van der Waals surface area contributed by atoms with Gasteiger partial charge in [0.1, 0.15) is 6.33 Å². The van der Waals surface area contributed by atoms with E-state index in [4.69, 9.17) is 0 Å². The van der Waals surface area contributed by atoms with Gasteiger partial charge in [-0.2, -0.15) is 0 Å². The Hall–Kier alpha value is -2.39. The molecule has 0 spiro atoms. The largest absolute Gasteiger partial charge is 0.299 e. The maximum Gasteiger partial charge on any atom is 0.100 e. The van der Waals surface area contributed by atoms with E-state index in [1.54, 1.807) is 0 Å². The van der Waals surface area contributed by atoms with Gasteiger partial charge in [-0.3, -0.25) is 4.57 Å². The summed E-state index contributed by atoms with van der Waals surface area (Å²) >= 11 is 3.72. The van der Waals surface area contributed by atoms with Gasteiger partial charge in [-0.25, -0.2) is 4.98 Å². The Morgan fingerprint density at radius 3 is 2.11 bits per heavy atom. The van der Waals surface area contributed by atoms with Crippen molar-refractivity contribution < 1.29 is 0 Å². The number of hydrogen-bond acceptors (Lipinski definition) is 1. The van der Waals surface area contributed by atoms with Crippen LogP contribution in [0.2, 0.25) is 0 Å². The number of halogens is 1. The highest BCUT2D eigenvalue weighted by Crippen LogP contribution is 2.33. The van der Waals surface area contributed by atoms with Gasteiger partial charge in [-0.05, 0) is 98.3 Å².